The van der Waals surface area contributed by atoms with E-state index in [-0.39, 0.29) is 6.42 Å². The van der Waals surface area contributed by atoms with Gasteiger partial charge in [0.1, 0.15) is 0 Å². The van der Waals surface area contributed by atoms with E-state index < -0.39 is 12.0 Å². The minimum Gasteiger partial charge on any atom is -0.481 e. The van der Waals surface area contributed by atoms with E-state index in [4.69, 9.17) is 22.4 Å². The van der Waals surface area contributed by atoms with Crippen LogP contribution in [0.5, 0.6) is 0 Å². The number of aliphatic carboxylic acids is 1. The van der Waals surface area contributed by atoms with E-state index in [0.717, 1.165) is 0 Å². The Hall–Kier alpha value is -0.650. The lowest BCUT2D eigenvalue weighted by molar-refractivity contribution is -0.137. The third-order valence-electron chi connectivity index (χ3n) is 1.26. The summed E-state index contributed by atoms with van der Waals surface area (Å²) in [6, 6.07) is -0.507. The summed E-state index contributed by atoms with van der Waals surface area (Å²) < 4.78 is 0.380. The summed E-state index contributed by atoms with van der Waals surface area (Å²) in [5.74, 6) is -0.924. The number of nitrogens with zero attached hydrogens (tertiary/aromatic N) is 1. The van der Waals surface area contributed by atoms with Gasteiger partial charge in [-0.05, 0) is 0 Å². The third-order valence-corrected chi connectivity index (χ3v) is 2.50. The van der Waals surface area contributed by atoms with Gasteiger partial charge in [-0.15, -0.1) is 11.3 Å². The number of carbonyl (C=O) groups is 1. The van der Waals surface area contributed by atoms with Crippen LogP contribution in [-0.4, -0.2) is 16.1 Å². The Labute approximate surface area is 78.0 Å². The number of hydrogen-bond acceptors (Lipinski definition) is 4. The largest absolute Gasteiger partial charge is 0.481 e. The molecule has 12 heavy (non-hydrogen) atoms. The average Bonchev–Trinajstić information content (AvgIpc) is 2.34. The van der Waals surface area contributed by atoms with E-state index >= 15 is 0 Å². The molecule has 1 aromatic rings. The zero-order valence-corrected chi connectivity index (χ0v) is 7.60. The Kier molecular flexibility index (Phi) is 3.02. The van der Waals surface area contributed by atoms with E-state index in [1.165, 1.54) is 17.5 Å². The van der Waals surface area contributed by atoms with Gasteiger partial charge in [-0.2, -0.15) is 0 Å². The number of aromatic nitrogens is 1. The van der Waals surface area contributed by atoms with Crippen LogP contribution in [-0.2, 0) is 4.79 Å². The molecule has 4 nitrogen and oxygen atoms in total. The highest BCUT2D eigenvalue weighted by Gasteiger charge is 2.12. The maximum atomic E-state index is 10.3. The fraction of sp³-hybridized carbons (Fsp3) is 0.333. The molecule has 1 heterocycles. The van der Waals surface area contributed by atoms with Crippen molar-refractivity contribution in [2.24, 2.45) is 5.73 Å². The summed E-state index contributed by atoms with van der Waals surface area (Å²) >= 11 is 6.75. The molecule has 1 unspecified atom stereocenters. The summed E-state index contributed by atoms with van der Waals surface area (Å²) in [7, 11) is 0. The summed E-state index contributed by atoms with van der Waals surface area (Å²) in [4.78, 5) is 14.7. The molecule has 1 aromatic heterocycles. The monoisotopic (exact) mass is 206 g/mol. The van der Waals surface area contributed by atoms with E-state index in [1.807, 2.05) is 0 Å². The fourth-order valence-electron chi connectivity index (χ4n) is 0.724. The van der Waals surface area contributed by atoms with Gasteiger partial charge in [-0.25, -0.2) is 4.98 Å². The Bertz CT molecular complexity index is 289. The van der Waals surface area contributed by atoms with Crippen molar-refractivity contribution in [1.82, 2.24) is 4.98 Å². The summed E-state index contributed by atoms with van der Waals surface area (Å²) in [5, 5.41) is 8.42. The maximum Gasteiger partial charge on any atom is 0.305 e. The molecule has 0 aliphatic carbocycles. The second-order valence-electron chi connectivity index (χ2n) is 2.22. The normalized spacial score (nSPS) is 12.8. The summed E-state index contributed by atoms with van der Waals surface area (Å²) in [5.41, 5.74) is 5.54. The van der Waals surface area contributed by atoms with Crippen LogP contribution in [0.2, 0.25) is 4.47 Å². The Morgan fingerprint density at radius 3 is 3.00 bits per heavy atom. The first-order chi connectivity index (χ1) is 5.59. The first-order valence-corrected chi connectivity index (χ1v) is 4.37. The van der Waals surface area contributed by atoms with Crippen LogP contribution >= 0.6 is 22.9 Å². The van der Waals surface area contributed by atoms with Crippen molar-refractivity contribution < 1.29 is 9.90 Å². The SMILES string of the molecule is NC(CC(=O)O)c1cnc(Cl)s1. The second kappa shape index (κ2) is 3.84. The zero-order chi connectivity index (χ0) is 9.14. The smallest absolute Gasteiger partial charge is 0.305 e. The quantitative estimate of drug-likeness (QED) is 0.781. The molecule has 6 heteroatoms. The number of nitrogens with two attached hydrogens (primary N) is 1. The molecule has 0 saturated heterocycles. The molecule has 3 N–H and O–H groups in total. The van der Waals surface area contributed by atoms with Gasteiger partial charge in [0.2, 0.25) is 0 Å². The van der Waals surface area contributed by atoms with Gasteiger partial charge in [0, 0.05) is 11.1 Å². The number of halogens is 1. The van der Waals surface area contributed by atoms with Crippen molar-refractivity contribution in [3.63, 3.8) is 0 Å². The van der Waals surface area contributed by atoms with Crippen molar-refractivity contribution in [1.29, 1.82) is 0 Å². The fourth-order valence-corrected chi connectivity index (χ4v) is 1.68. The first-order valence-electron chi connectivity index (χ1n) is 3.18. The highest BCUT2D eigenvalue weighted by molar-refractivity contribution is 7.15. The molecule has 0 spiro atoms. The number of carboxylic acids is 1. The highest BCUT2D eigenvalue weighted by Crippen LogP contribution is 2.24. The topological polar surface area (TPSA) is 76.2 Å². The van der Waals surface area contributed by atoms with Crippen LogP contribution in [0.3, 0.4) is 0 Å². The van der Waals surface area contributed by atoms with Gasteiger partial charge in [-0.1, -0.05) is 11.6 Å². The number of hydrogen-bond donors (Lipinski definition) is 2. The van der Waals surface area contributed by atoms with E-state index in [2.05, 4.69) is 4.98 Å². The molecule has 0 fully saturated rings. The van der Waals surface area contributed by atoms with Gasteiger partial charge in [0.15, 0.2) is 4.47 Å². The third kappa shape index (κ3) is 2.44. The molecule has 0 aromatic carbocycles. The highest BCUT2D eigenvalue weighted by atomic mass is 35.5. The molecule has 0 aliphatic rings. The molecule has 1 atom stereocenters. The minimum atomic E-state index is -0.924. The van der Waals surface area contributed by atoms with Crippen molar-refractivity contribution in [2.45, 2.75) is 12.5 Å². The van der Waals surface area contributed by atoms with Crippen LogP contribution in [0.1, 0.15) is 17.3 Å². The van der Waals surface area contributed by atoms with Crippen molar-refractivity contribution in [2.75, 3.05) is 0 Å². The molecule has 1 rings (SSSR count). The predicted octanol–water partition coefficient (Wildman–Crippen LogP) is 1.27. The average molecular weight is 207 g/mol. The van der Waals surface area contributed by atoms with Crippen molar-refractivity contribution in [3.05, 3.63) is 15.5 Å². The number of thiazole rings is 1. The van der Waals surface area contributed by atoms with Gasteiger partial charge < -0.3 is 10.8 Å². The van der Waals surface area contributed by atoms with Gasteiger partial charge in [0.25, 0.3) is 0 Å². The molecular formula is C6H7ClN2O2S. The van der Waals surface area contributed by atoms with Crippen LogP contribution in [0.25, 0.3) is 0 Å². The van der Waals surface area contributed by atoms with Crippen molar-refractivity contribution in [3.8, 4) is 0 Å². The Balaban J connectivity index is 2.64. The van der Waals surface area contributed by atoms with Crippen LogP contribution in [0, 0.1) is 0 Å². The second-order valence-corrected chi connectivity index (χ2v) is 3.86. The zero-order valence-electron chi connectivity index (χ0n) is 6.03. The molecule has 0 radical (unpaired) electrons. The van der Waals surface area contributed by atoms with E-state index in [1.54, 1.807) is 0 Å². The van der Waals surface area contributed by atoms with Crippen molar-refractivity contribution >= 4 is 28.9 Å². The standard InChI is InChI=1S/C6H7ClN2O2S/c7-6-9-2-4(12-6)3(8)1-5(10)11/h2-3H,1,8H2,(H,10,11). The van der Waals surface area contributed by atoms with Crippen LogP contribution < -0.4 is 5.73 Å². The lowest BCUT2D eigenvalue weighted by Gasteiger charge is -2.03. The molecule has 66 valence electrons. The lowest BCUT2D eigenvalue weighted by atomic mass is 10.2. The molecule has 0 aliphatic heterocycles. The number of carboxylic acid groups (broad SMARTS) is 1. The molecule has 0 bridgehead atoms. The van der Waals surface area contributed by atoms with E-state index in [0.29, 0.717) is 9.34 Å². The lowest BCUT2D eigenvalue weighted by Crippen LogP contribution is -2.13. The molecule has 0 amide bonds. The molecular weight excluding hydrogens is 200 g/mol. The Morgan fingerprint density at radius 2 is 2.58 bits per heavy atom. The predicted molar refractivity (Wildman–Crippen MR) is 46.3 cm³/mol. The van der Waals surface area contributed by atoms with Gasteiger partial charge in [-0.3, -0.25) is 4.79 Å². The van der Waals surface area contributed by atoms with E-state index in [9.17, 15) is 4.79 Å². The van der Waals surface area contributed by atoms with Crippen LogP contribution in [0.4, 0.5) is 0 Å². The van der Waals surface area contributed by atoms with Crippen LogP contribution in [0.15, 0.2) is 6.20 Å². The van der Waals surface area contributed by atoms with Gasteiger partial charge >= 0.3 is 5.97 Å². The number of rotatable bonds is 3. The first kappa shape index (κ1) is 9.44. The van der Waals surface area contributed by atoms with Gasteiger partial charge in [0.05, 0.1) is 12.5 Å². The molecule has 0 saturated carbocycles. The minimum absolute atomic E-state index is 0.0987. The summed E-state index contributed by atoms with van der Waals surface area (Å²) in [6.07, 6.45) is 1.40. The maximum absolute atomic E-state index is 10.3. The summed E-state index contributed by atoms with van der Waals surface area (Å²) in [6.45, 7) is 0. The Morgan fingerprint density at radius 1 is 1.92 bits per heavy atom.